The molecular weight excluding hydrogens is 412 g/mol. The van der Waals surface area contributed by atoms with E-state index in [4.69, 9.17) is 0 Å². The minimum atomic E-state index is -4.27. The van der Waals surface area contributed by atoms with E-state index in [1.807, 2.05) is 13.8 Å². The molecular formula is C19H24N4O6S. The molecule has 0 atom stereocenters. The topological polar surface area (TPSA) is 127 Å². The smallest absolute Gasteiger partial charge is 0.301 e. The molecule has 0 aliphatic rings. The highest BCUT2D eigenvalue weighted by Gasteiger charge is 2.34. The second kappa shape index (κ2) is 9.53. The van der Waals surface area contributed by atoms with Gasteiger partial charge in [0, 0.05) is 32.3 Å². The highest BCUT2D eigenvalue weighted by Crippen LogP contribution is 2.41. The number of nitrogens with zero attached hydrogens (tertiary/aromatic N) is 4. The molecule has 11 heteroatoms. The quantitative estimate of drug-likeness (QED) is 0.407. The van der Waals surface area contributed by atoms with E-state index in [1.54, 1.807) is 35.2 Å². The molecule has 2 aromatic carbocycles. The van der Waals surface area contributed by atoms with Gasteiger partial charge in [0.25, 0.3) is 10.0 Å². The van der Waals surface area contributed by atoms with E-state index in [9.17, 15) is 28.6 Å². The molecule has 10 nitrogen and oxygen atoms in total. The molecule has 0 saturated heterocycles. The second-order valence-corrected chi connectivity index (χ2v) is 8.59. The first-order valence-corrected chi connectivity index (χ1v) is 10.8. The van der Waals surface area contributed by atoms with Gasteiger partial charge in [-0.05, 0) is 25.0 Å². The van der Waals surface area contributed by atoms with Crippen molar-refractivity contribution in [1.82, 2.24) is 0 Å². The molecule has 0 bridgehead atoms. The Bertz CT molecular complexity index is 986. The molecule has 0 radical (unpaired) electrons. The zero-order chi connectivity index (χ0) is 22.5. The maximum Gasteiger partial charge on any atom is 0.301 e. The SMILES string of the molecule is CCCN(CCC)c1c([N+](=O)[O-])cc(S(=O)(=O)N(C)c2ccccc2)cc1[N+](=O)[O-]. The Morgan fingerprint density at radius 2 is 1.37 bits per heavy atom. The molecule has 2 rings (SSSR count). The predicted octanol–water partition coefficient (Wildman–Crippen LogP) is 3.95. The zero-order valence-corrected chi connectivity index (χ0v) is 17.8. The second-order valence-electron chi connectivity index (χ2n) is 6.62. The van der Waals surface area contributed by atoms with Crippen molar-refractivity contribution in [3.05, 3.63) is 62.7 Å². The average Bonchev–Trinajstić information content (AvgIpc) is 2.72. The lowest BCUT2D eigenvalue weighted by molar-refractivity contribution is -0.393. The molecule has 0 spiro atoms. The van der Waals surface area contributed by atoms with E-state index >= 15 is 0 Å². The maximum atomic E-state index is 13.1. The summed E-state index contributed by atoms with van der Waals surface area (Å²) >= 11 is 0. The molecule has 0 amide bonds. The normalized spacial score (nSPS) is 11.2. The minimum Gasteiger partial charge on any atom is -0.360 e. The van der Waals surface area contributed by atoms with Crippen LogP contribution < -0.4 is 9.21 Å². The van der Waals surface area contributed by atoms with Crippen LogP contribution in [0.2, 0.25) is 0 Å². The number of sulfonamides is 1. The predicted molar refractivity (Wildman–Crippen MR) is 115 cm³/mol. The first-order valence-electron chi connectivity index (χ1n) is 9.40. The lowest BCUT2D eigenvalue weighted by Gasteiger charge is -2.24. The highest BCUT2D eigenvalue weighted by molar-refractivity contribution is 7.92. The van der Waals surface area contributed by atoms with E-state index in [2.05, 4.69) is 0 Å². The summed E-state index contributed by atoms with van der Waals surface area (Å²) in [5, 5.41) is 23.6. The summed E-state index contributed by atoms with van der Waals surface area (Å²) in [7, 11) is -2.98. The molecule has 0 aliphatic heterocycles. The van der Waals surface area contributed by atoms with Crippen LogP contribution in [0.15, 0.2) is 47.4 Å². The van der Waals surface area contributed by atoms with E-state index in [0.717, 1.165) is 16.4 Å². The van der Waals surface area contributed by atoms with Gasteiger partial charge in [0.15, 0.2) is 5.69 Å². The first-order chi connectivity index (χ1) is 14.1. The van der Waals surface area contributed by atoms with Gasteiger partial charge in [-0.15, -0.1) is 0 Å². The third-order valence-corrected chi connectivity index (χ3v) is 6.28. The van der Waals surface area contributed by atoms with Crippen molar-refractivity contribution in [2.45, 2.75) is 31.6 Å². The summed E-state index contributed by atoms with van der Waals surface area (Å²) in [5.74, 6) is 0. The Morgan fingerprint density at radius 3 is 1.77 bits per heavy atom. The number of benzene rings is 2. The Kier molecular flexibility index (Phi) is 7.33. The van der Waals surface area contributed by atoms with Gasteiger partial charge in [-0.2, -0.15) is 0 Å². The molecule has 30 heavy (non-hydrogen) atoms. The Hall–Kier alpha value is -3.21. The number of nitro benzene ring substituents is 2. The summed E-state index contributed by atoms with van der Waals surface area (Å²) in [6.07, 6.45) is 1.23. The van der Waals surface area contributed by atoms with Crippen LogP contribution in [0.3, 0.4) is 0 Å². The van der Waals surface area contributed by atoms with E-state index in [1.165, 1.54) is 7.05 Å². The van der Waals surface area contributed by atoms with E-state index in [-0.39, 0.29) is 5.69 Å². The third kappa shape index (κ3) is 4.67. The van der Waals surface area contributed by atoms with Gasteiger partial charge in [-0.1, -0.05) is 32.0 Å². The largest absolute Gasteiger partial charge is 0.360 e. The Balaban J connectivity index is 2.74. The summed E-state index contributed by atoms with van der Waals surface area (Å²) in [6.45, 7) is 4.44. The van der Waals surface area contributed by atoms with Crippen molar-refractivity contribution in [2.75, 3.05) is 29.3 Å². The third-order valence-electron chi connectivity index (χ3n) is 4.52. The van der Waals surface area contributed by atoms with Crippen molar-refractivity contribution in [3.8, 4) is 0 Å². The summed E-state index contributed by atoms with van der Waals surface area (Å²) < 4.78 is 27.1. The van der Waals surface area contributed by atoms with Crippen LogP contribution in [0.4, 0.5) is 22.7 Å². The molecule has 2 aromatic rings. The number of hydrogen-bond donors (Lipinski definition) is 0. The maximum absolute atomic E-state index is 13.1. The van der Waals surface area contributed by atoms with Crippen LogP contribution in [0.1, 0.15) is 26.7 Å². The van der Waals surface area contributed by atoms with Crippen molar-refractivity contribution in [1.29, 1.82) is 0 Å². The standard InChI is InChI=1S/C19H24N4O6S/c1-4-11-21(12-5-2)19-17(22(24)25)13-16(14-18(19)23(26)27)30(28,29)20(3)15-9-7-6-8-10-15/h6-10,13-14H,4-5,11-12H2,1-3H3. The Morgan fingerprint density at radius 1 is 0.900 bits per heavy atom. The van der Waals surface area contributed by atoms with Crippen LogP contribution in [0.5, 0.6) is 0 Å². The summed E-state index contributed by atoms with van der Waals surface area (Å²) in [5.41, 5.74) is -1.06. The molecule has 0 unspecified atom stereocenters. The van der Waals surface area contributed by atoms with Crippen molar-refractivity contribution in [2.24, 2.45) is 0 Å². The molecule has 0 aliphatic carbocycles. The number of rotatable bonds is 10. The van der Waals surface area contributed by atoms with Crippen LogP contribution in [-0.4, -0.2) is 38.4 Å². The van der Waals surface area contributed by atoms with E-state index < -0.39 is 36.1 Å². The number of nitro groups is 2. The van der Waals surface area contributed by atoms with Gasteiger partial charge in [0.05, 0.1) is 15.5 Å². The Labute approximate surface area is 175 Å². The lowest BCUT2D eigenvalue weighted by atomic mass is 10.2. The average molecular weight is 436 g/mol. The number of hydrogen-bond acceptors (Lipinski definition) is 7. The van der Waals surface area contributed by atoms with Crippen LogP contribution in [0, 0.1) is 20.2 Å². The lowest BCUT2D eigenvalue weighted by Crippen LogP contribution is -2.28. The first kappa shape index (κ1) is 23.1. The van der Waals surface area contributed by atoms with Gasteiger partial charge in [0.2, 0.25) is 0 Å². The molecule has 0 N–H and O–H groups in total. The highest BCUT2D eigenvalue weighted by atomic mass is 32.2. The van der Waals surface area contributed by atoms with E-state index in [0.29, 0.717) is 31.6 Å². The van der Waals surface area contributed by atoms with Gasteiger partial charge >= 0.3 is 11.4 Å². The van der Waals surface area contributed by atoms with Crippen LogP contribution in [0.25, 0.3) is 0 Å². The minimum absolute atomic E-state index is 0.171. The molecule has 0 fully saturated rings. The van der Waals surface area contributed by atoms with Gasteiger partial charge in [-0.25, -0.2) is 8.42 Å². The van der Waals surface area contributed by atoms with Gasteiger partial charge in [0.1, 0.15) is 4.90 Å². The number of anilines is 2. The molecule has 0 saturated carbocycles. The number of para-hydroxylation sites is 1. The fraction of sp³-hybridized carbons (Fsp3) is 0.368. The summed E-state index contributed by atoms with van der Waals surface area (Å²) in [6, 6.07) is 9.90. The van der Waals surface area contributed by atoms with Crippen molar-refractivity contribution >= 4 is 32.8 Å². The fourth-order valence-electron chi connectivity index (χ4n) is 3.14. The van der Waals surface area contributed by atoms with Gasteiger partial charge < -0.3 is 4.90 Å². The van der Waals surface area contributed by atoms with Crippen molar-refractivity contribution in [3.63, 3.8) is 0 Å². The van der Waals surface area contributed by atoms with Crippen LogP contribution in [-0.2, 0) is 10.0 Å². The fourth-order valence-corrected chi connectivity index (χ4v) is 4.38. The van der Waals surface area contributed by atoms with Crippen molar-refractivity contribution < 1.29 is 18.3 Å². The molecule has 0 aromatic heterocycles. The van der Waals surface area contributed by atoms with Crippen LogP contribution >= 0.6 is 0 Å². The summed E-state index contributed by atoms with van der Waals surface area (Å²) in [4.78, 5) is 23.1. The molecule has 162 valence electrons. The molecule has 0 heterocycles. The zero-order valence-electron chi connectivity index (χ0n) is 17.0. The monoisotopic (exact) mass is 436 g/mol. The van der Waals surface area contributed by atoms with Gasteiger partial charge in [-0.3, -0.25) is 24.5 Å².